The van der Waals surface area contributed by atoms with Crippen molar-refractivity contribution >= 4 is 17.3 Å². The molecule has 2 heterocycles. The Kier molecular flexibility index (Phi) is 5.60. The third-order valence-electron chi connectivity index (χ3n) is 5.50. The van der Waals surface area contributed by atoms with Crippen LogP contribution in [0.25, 0.3) is 5.57 Å². The van der Waals surface area contributed by atoms with E-state index in [9.17, 15) is 4.79 Å². The van der Waals surface area contributed by atoms with Crippen LogP contribution in [0.5, 0.6) is 11.5 Å². The van der Waals surface area contributed by atoms with Gasteiger partial charge >= 0.3 is 0 Å². The van der Waals surface area contributed by atoms with Gasteiger partial charge in [0.05, 0.1) is 0 Å². The fourth-order valence-corrected chi connectivity index (χ4v) is 4.02. The molecular formula is C23H26N2O3. The molecule has 1 amide bonds. The van der Waals surface area contributed by atoms with Crippen LogP contribution < -0.4 is 14.4 Å². The fraction of sp³-hybridized carbons (Fsp3) is 0.391. The lowest BCUT2D eigenvalue weighted by molar-refractivity contribution is -0.114. The number of benzene rings is 1. The molecule has 0 atom stereocenters. The van der Waals surface area contributed by atoms with Crippen LogP contribution in [0.15, 0.2) is 48.7 Å². The monoisotopic (exact) mass is 378 g/mol. The molecule has 5 nitrogen and oxygen atoms in total. The molecule has 2 aromatic rings. The highest BCUT2D eigenvalue weighted by Gasteiger charge is 2.27. The van der Waals surface area contributed by atoms with Crippen LogP contribution in [-0.2, 0) is 4.79 Å². The smallest absolute Gasteiger partial charge is 0.252 e. The second-order valence-electron chi connectivity index (χ2n) is 7.28. The maximum atomic E-state index is 13.4. The zero-order chi connectivity index (χ0) is 19.3. The Morgan fingerprint density at radius 1 is 1.14 bits per heavy atom. The largest absolute Gasteiger partial charge is 0.454 e. The first-order valence-electron chi connectivity index (χ1n) is 10.1. The van der Waals surface area contributed by atoms with Gasteiger partial charge in [0, 0.05) is 18.3 Å². The van der Waals surface area contributed by atoms with Gasteiger partial charge in [0.2, 0.25) is 6.79 Å². The first kappa shape index (κ1) is 18.5. The summed E-state index contributed by atoms with van der Waals surface area (Å²) in [6.07, 6.45) is 9.90. The number of rotatable bonds is 5. The van der Waals surface area contributed by atoms with Crippen molar-refractivity contribution in [3.05, 3.63) is 54.2 Å². The van der Waals surface area contributed by atoms with Crippen LogP contribution in [0.4, 0.5) is 5.82 Å². The number of amides is 1. The summed E-state index contributed by atoms with van der Waals surface area (Å²) in [6.45, 7) is 2.31. The second-order valence-corrected chi connectivity index (χ2v) is 7.28. The van der Waals surface area contributed by atoms with E-state index >= 15 is 0 Å². The molecule has 1 fully saturated rings. The fourth-order valence-electron chi connectivity index (χ4n) is 4.02. The number of anilines is 1. The molecule has 5 heteroatoms. The normalized spacial score (nSPS) is 16.8. The summed E-state index contributed by atoms with van der Waals surface area (Å²) < 4.78 is 10.9. The summed E-state index contributed by atoms with van der Waals surface area (Å²) in [5.74, 6) is 2.22. The van der Waals surface area contributed by atoms with E-state index < -0.39 is 0 Å². The molecule has 1 saturated carbocycles. The maximum absolute atomic E-state index is 13.4. The number of fused-ring (bicyclic) bond motifs is 1. The Labute approximate surface area is 166 Å². The van der Waals surface area contributed by atoms with Crippen molar-refractivity contribution in [3.8, 4) is 11.5 Å². The number of carbonyl (C=O) groups excluding carboxylic acids is 1. The number of aromatic nitrogens is 1. The highest BCUT2D eigenvalue weighted by molar-refractivity contribution is 6.05. The van der Waals surface area contributed by atoms with Crippen LogP contribution in [0, 0.1) is 0 Å². The molecule has 0 bridgehead atoms. The minimum Gasteiger partial charge on any atom is -0.454 e. The molecule has 0 radical (unpaired) electrons. The Bertz CT molecular complexity index is 857. The van der Waals surface area contributed by atoms with Crippen molar-refractivity contribution < 1.29 is 14.3 Å². The number of nitrogens with zero attached hydrogens (tertiary/aromatic N) is 2. The zero-order valence-corrected chi connectivity index (χ0v) is 16.3. The van der Waals surface area contributed by atoms with Gasteiger partial charge in [-0.3, -0.25) is 9.69 Å². The lowest BCUT2D eigenvalue weighted by Gasteiger charge is -2.33. The number of hydrogen-bond acceptors (Lipinski definition) is 4. The van der Waals surface area contributed by atoms with E-state index in [1.165, 1.54) is 6.42 Å². The first-order chi connectivity index (χ1) is 13.8. The Hall–Kier alpha value is -2.82. The van der Waals surface area contributed by atoms with Crippen LogP contribution in [-0.4, -0.2) is 23.7 Å². The molecule has 0 unspecified atom stereocenters. The summed E-state index contributed by atoms with van der Waals surface area (Å²) >= 11 is 0. The van der Waals surface area contributed by atoms with Gasteiger partial charge < -0.3 is 9.47 Å². The van der Waals surface area contributed by atoms with Crippen molar-refractivity contribution in [1.82, 2.24) is 4.98 Å². The zero-order valence-electron chi connectivity index (χ0n) is 16.3. The molecule has 0 spiro atoms. The molecule has 0 N–H and O–H groups in total. The third kappa shape index (κ3) is 3.88. The van der Waals surface area contributed by atoms with Crippen molar-refractivity contribution in [2.75, 3.05) is 11.7 Å². The van der Waals surface area contributed by atoms with Crippen LogP contribution in [0.3, 0.4) is 0 Å². The van der Waals surface area contributed by atoms with Gasteiger partial charge in [-0.25, -0.2) is 4.98 Å². The van der Waals surface area contributed by atoms with Gasteiger partial charge in [-0.15, -0.1) is 0 Å². The summed E-state index contributed by atoms with van der Waals surface area (Å²) in [7, 11) is 0. The van der Waals surface area contributed by atoms with Gasteiger partial charge in [0.25, 0.3) is 5.91 Å². The molecule has 2 aliphatic rings. The van der Waals surface area contributed by atoms with Crippen molar-refractivity contribution in [3.63, 3.8) is 0 Å². The lowest BCUT2D eigenvalue weighted by Crippen LogP contribution is -2.41. The Balaban J connectivity index is 1.65. The van der Waals surface area contributed by atoms with Crippen LogP contribution in [0.1, 0.15) is 51.0 Å². The average Bonchev–Trinajstić information content (AvgIpc) is 3.21. The van der Waals surface area contributed by atoms with Gasteiger partial charge in [-0.2, -0.15) is 0 Å². The quantitative estimate of drug-likeness (QED) is 0.689. The van der Waals surface area contributed by atoms with Crippen LogP contribution >= 0.6 is 0 Å². The molecular weight excluding hydrogens is 352 g/mol. The highest BCUT2D eigenvalue weighted by Crippen LogP contribution is 2.35. The lowest BCUT2D eigenvalue weighted by atomic mass is 9.93. The van der Waals surface area contributed by atoms with E-state index in [0.29, 0.717) is 0 Å². The minimum absolute atomic E-state index is 0.000108. The summed E-state index contributed by atoms with van der Waals surface area (Å²) in [4.78, 5) is 19.7. The van der Waals surface area contributed by atoms with E-state index in [0.717, 1.165) is 60.6 Å². The number of allylic oxidation sites excluding steroid dienone is 1. The maximum Gasteiger partial charge on any atom is 0.252 e. The number of carbonyl (C=O) groups is 1. The van der Waals surface area contributed by atoms with E-state index in [1.54, 1.807) is 12.3 Å². The molecule has 1 aromatic heterocycles. The SMILES string of the molecule is CC/C(=C/C(=O)N(c1ccccn1)C1CCCCC1)c1ccc2c(c1)OCO2. The van der Waals surface area contributed by atoms with Gasteiger partial charge in [0.1, 0.15) is 5.82 Å². The molecule has 146 valence electrons. The molecule has 1 aliphatic heterocycles. The van der Waals surface area contributed by atoms with Crippen molar-refractivity contribution in [2.24, 2.45) is 0 Å². The second kappa shape index (κ2) is 8.46. The van der Waals surface area contributed by atoms with E-state index in [-0.39, 0.29) is 18.7 Å². The van der Waals surface area contributed by atoms with E-state index in [2.05, 4.69) is 11.9 Å². The summed E-state index contributed by atoms with van der Waals surface area (Å²) in [6, 6.07) is 11.8. The summed E-state index contributed by atoms with van der Waals surface area (Å²) in [5, 5.41) is 0. The third-order valence-corrected chi connectivity index (χ3v) is 5.50. The van der Waals surface area contributed by atoms with Gasteiger partial charge in [-0.1, -0.05) is 38.3 Å². The van der Waals surface area contributed by atoms with Gasteiger partial charge in [-0.05, 0) is 54.7 Å². The molecule has 4 rings (SSSR count). The molecule has 1 aromatic carbocycles. The first-order valence-corrected chi connectivity index (χ1v) is 10.1. The number of pyridine rings is 1. The van der Waals surface area contributed by atoms with Crippen LogP contribution in [0.2, 0.25) is 0 Å². The topological polar surface area (TPSA) is 51.7 Å². The van der Waals surface area contributed by atoms with E-state index in [4.69, 9.17) is 9.47 Å². The van der Waals surface area contributed by atoms with Gasteiger partial charge in [0.15, 0.2) is 11.5 Å². The number of ether oxygens (including phenoxy) is 2. The molecule has 1 aliphatic carbocycles. The minimum atomic E-state index is 0.000108. The highest BCUT2D eigenvalue weighted by atomic mass is 16.7. The predicted octanol–water partition coefficient (Wildman–Crippen LogP) is 4.97. The molecule has 0 saturated heterocycles. The number of hydrogen-bond donors (Lipinski definition) is 0. The summed E-state index contributed by atoms with van der Waals surface area (Å²) in [5.41, 5.74) is 1.98. The predicted molar refractivity (Wildman–Crippen MR) is 109 cm³/mol. The molecule has 28 heavy (non-hydrogen) atoms. The Morgan fingerprint density at radius 3 is 2.71 bits per heavy atom. The van der Waals surface area contributed by atoms with Crippen molar-refractivity contribution in [2.45, 2.75) is 51.5 Å². The average molecular weight is 378 g/mol. The standard InChI is InChI=1S/C23H26N2O3/c1-2-17(18-11-12-20-21(14-18)28-16-27-20)15-23(26)25(19-8-4-3-5-9-19)22-10-6-7-13-24-22/h6-7,10-15,19H,2-5,8-9,16H2,1H3/b17-15-. The Morgan fingerprint density at radius 2 is 1.96 bits per heavy atom. The van der Waals surface area contributed by atoms with Crippen molar-refractivity contribution in [1.29, 1.82) is 0 Å². The van der Waals surface area contributed by atoms with E-state index in [1.807, 2.05) is 41.3 Å².